The van der Waals surface area contributed by atoms with Crippen LogP contribution in [0, 0.1) is 41.7 Å². The fourth-order valence-electron chi connectivity index (χ4n) is 1.65. The zero-order valence-electron chi connectivity index (χ0n) is 14.5. The van der Waals surface area contributed by atoms with E-state index in [1.807, 2.05) is 0 Å². The Morgan fingerprint density at radius 2 is 0.607 bits per heavy atom. The predicted octanol–water partition coefficient (Wildman–Crippen LogP) is 1.24. The van der Waals surface area contributed by atoms with Gasteiger partial charge in [-0.3, -0.25) is 0 Å². The van der Waals surface area contributed by atoms with Gasteiger partial charge in [-0.05, 0) is 36.4 Å². The smallest absolute Gasteiger partial charge is 0.591 e. The van der Waals surface area contributed by atoms with Crippen molar-refractivity contribution in [3.05, 3.63) is 91.0 Å². The summed E-state index contributed by atoms with van der Waals surface area (Å²) in [5, 5.41) is 1.10. The third kappa shape index (κ3) is 11.9. The first kappa shape index (κ1) is 27.2. The van der Waals surface area contributed by atoms with E-state index < -0.39 is 24.1 Å². The molecular weight excluding hydrogens is 545 g/mol. The second-order valence-corrected chi connectivity index (χ2v) is 7.87. The Labute approximate surface area is 199 Å². The van der Waals surface area contributed by atoms with Crippen molar-refractivity contribution in [2.45, 2.75) is 0 Å². The Morgan fingerprint density at radius 3 is 0.714 bits per heavy atom. The van der Waals surface area contributed by atoms with Gasteiger partial charge in [0.1, 0.15) is 0 Å². The molecule has 0 heterocycles. The summed E-state index contributed by atoms with van der Waals surface area (Å²) >= 11 is 0. The minimum Gasteiger partial charge on any atom is -0.591 e. The van der Waals surface area contributed by atoms with Crippen LogP contribution in [0.4, 0.5) is 0 Å². The van der Waals surface area contributed by atoms with Gasteiger partial charge in [0, 0.05) is 0 Å². The monoisotopic (exact) mass is 560 g/mol. The fraction of sp³-hybridized carbons (Fsp3) is 0. The minimum absolute atomic E-state index is 0. The SMILES string of the molecule is O=[P+]([O-])c1ccccc1.O=[P+]([O-])c1ccccc1.O=[P+]([O-])c1ccccc1.[Ce+3]. The van der Waals surface area contributed by atoms with Crippen molar-refractivity contribution in [1.82, 2.24) is 0 Å². The molecule has 10 heteroatoms. The van der Waals surface area contributed by atoms with E-state index in [0.29, 0.717) is 15.9 Å². The molecule has 3 aromatic rings. The summed E-state index contributed by atoms with van der Waals surface area (Å²) < 4.78 is 30.7. The molecule has 0 aromatic heterocycles. The van der Waals surface area contributed by atoms with Crippen LogP contribution in [0.5, 0.6) is 0 Å². The summed E-state index contributed by atoms with van der Waals surface area (Å²) in [4.78, 5) is 30.7. The van der Waals surface area contributed by atoms with Crippen LogP contribution in [0.3, 0.4) is 0 Å². The standard InChI is InChI=1S/3C6H5O2P.Ce/c3*7-9(8)6-4-2-1-3-5-6;/h3*1-5H;/q;;;+3. The number of rotatable bonds is 3. The molecule has 0 N–H and O–H groups in total. The summed E-state index contributed by atoms with van der Waals surface area (Å²) in [5.74, 6) is 0. The van der Waals surface area contributed by atoms with Crippen molar-refractivity contribution in [2.75, 3.05) is 0 Å². The van der Waals surface area contributed by atoms with E-state index >= 15 is 0 Å². The van der Waals surface area contributed by atoms with Gasteiger partial charge >= 0.3 is 65.8 Å². The third-order valence-corrected chi connectivity index (χ3v) is 5.06. The molecule has 0 saturated carbocycles. The van der Waals surface area contributed by atoms with Crippen LogP contribution in [0.15, 0.2) is 91.0 Å². The van der Waals surface area contributed by atoms with E-state index in [2.05, 4.69) is 0 Å². The Morgan fingerprint density at radius 1 is 0.429 bits per heavy atom. The van der Waals surface area contributed by atoms with E-state index in [1.165, 1.54) is 0 Å². The molecule has 139 valence electrons. The molecule has 28 heavy (non-hydrogen) atoms. The fourth-order valence-corrected chi connectivity index (χ4v) is 2.90. The van der Waals surface area contributed by atoms with Gasteiger partial charge < -0.3 is 14.7 Å². The van der Waals surface area contributed by atoms with E-state index in [-0.39, 0.29) is 41.7 Å². The Balaban J connectivity index is 0.000000384. The molecule has 0 bridgehead atoms. The summed E-state index contributed by atoms with van der Waals surface area (Å²) in [7, 11) is -7.19. The van der Waals surface area contributed by atoms with Gasteiger partial charge in [-0.25, -0.2) is 0 Å². The number of hydrogen-bond acceptors (Lipinski definition) is 6. The van der Waals surface area contributed by atoms with Crippen LogP contribution in [0.25, 0.3) is 0 Å². The Bertz CT molecular complexity index is 747. The quantitative estimate of drug-likeness (QED) is 0.445. The van der Waals surface area contributed by atoms with Crippen molar-refractivity contribution in [2.24, 2.45) is 0 Å². The zero-order valence-corrected chi connectivity index (χ0v) is 20.3. The molecule has 0 fully saturated rings. The summed E-state index contributed by atoms with van der Waals surface area (Å²) in [6.45, 7) is 0. The molecule has 0 aliphatic rings. The van der Waals surface area contributed by atoms with Crippen molar-refractivity contribution < 1.29 is 70.1 Å². The summed E-state index contributed by atoms with van der Waals surface area (Å²) in [6, 6.07) is 24.9. The van der Waals surface area contributed by atoms with E-state index in [9.17, 15) is 28.4 Å². The van der Waals surface area contributed by atoms with E-state index in [1.54, 1.807) is 91.0 Å². The van der Waals surface area contributed by atoms with Gasteiger partial charge in [0.2, 0.25) is 0 Å². The van der Waals surface area contributed by atoms with Gasteiger partial charge in [-0.1, -0.05) is 68.3 Å². The van der Waals surface area contributed by atoms with Crippen molar-refractivity contribution >= 4 is 40.0 Å². The van der Waals surface area contributed by atoms with Gasteiger partial charge in [-0.2, -0.15) is 0 Å². The predicted molar refractivity (Wildman–Crippen MR) is 101 cm³/mol. The first-order valence-electron chi connectivity index (χ1n) is 7.50. The second-order valence-electron chi connectivity index (χ2n) is 4.78. The maximum atomic E-state index is 10.2. The Hall–Kier alpha value is -0.783. The molecule has 3 atom stereocenters. The first-order chi connectivity index (χ1) is 12.9. The molecule has 0 aliphatic carbocycles. The van der Waals surface area contributed by atoms with Crippen molar-refractivity contribution in [3.63, 3.8) is 0 Å². The first-order valence-corrected chi connectivity index (χ1v) is 11.0. The number of hydrogen-bond donors (Lipinski definition) is 0. The second kappa shape index (κ2) is 16.1. The molecule has 0 saturated heterocycles. The molecule has 3 unspecified atom stereocenters. The molecular formula is C18H15CeO6P3+3. The van der Waals surface area contributed by atoms with Gasteiger partial charge in [0.05, 0.1) is 0 Å². The molecule has 0 amide bonds. The van der Waals surface area contributed by atoms with Gasteiger partial charge in [-0.15, -0.1) is 0 Å². The van der Waals surface area contributed by atoms with Crippen molar-refractivity contribution in [3.8, 4) is 0 Å². The normalized spacial score (nSPS) is 10.6. The molecule has 3 aromatic carbocycles. The largest absolute Gasteiger partial charge is 3.00 e. The average Bonchev–Trinajstić information content (AvgIpc) is 2.71. The van der Waals surface area contributed by atoms with Crippen molar-refractivity contribution in [1.29, 1.82) is 0 Å². The number of benzene rings is 3. The average molecular weight is 560 g/mol. The van der Waals surface area contributed by atoms with Crippen LogP contribution in [-0.4, -0.2) is 0 Å². The summed E-state index contributed by atoms with van der Waals surface area (Å²) in [6.07, 6.45) is 0. The van der Waals surface area contributed by atoms with Crippen LogP contribution >= 0.6 is 24.1 Å². The van der Waals surface area contributed by atoms with E-state index in [0.717, 1.165) is 0 Å². The molecule has 6 nitrogen and oxygen atoms in total. The molecule has 0 spiro atoms. The minimum atomic E-state index is -2.40. The molecule has 0 aliphatic heterocycles. The maximum absolute atomic E-state index is 10.2. The molecule has 1 radical (unpaired) electrons. The van der Waals surface area contributed by atoms with Crippen LogP contribution in [0.1, 0.15) is 0 Å². The van der Waals surface area contributed by atoms with Crippen LogP contribution < -0.4 is 30.6 Å². The topological polar surface area (TPSA) is 120 Å². The molecule has 3 rings (SSSR count). The summed E-state index contributed by atoms with van der Waals surface area (Å²) in [5.41, 5.74) is 0. The van der Waals surface area contributed by atoms with Crippen LogP contribution in [0.2, 0.25) is 0 Å². The Kier molecular flexibility index (Phi) is 15.6. The van der Waals surface area contributed by atoms with Crippen LogP contribution in [-0.2, 0) is 13.7 Å². The van der Waals surface area contributed by atoms with Gasteiger partial charge in [0.25, 0.3) is 0 Å². The van der Waals surface area contributed by atoms with E-state index in [4.69, 9.17) is 0 Å². The van der Waals surface area contributed by atoms with Gasteiger partial charge in [0.15, 0.2) is 15.9 Å². The zero-order chi connectivity index (χ0) is 20.1. The third-order valence-electron chi connectivity index (χ3n) is 2.90. The maximum Gasteiger partial charge on any atom is 3.00 e.